The number of aromatic nitrogens is 5. The summed E-state index contributed by atoms with van der Waals surface area (Å²) in [6, 6.07) is 17.1. The van der Waals surface area contributed by atoms with Crippen molar-refractivity contribution >= 4 is 39.0 Å². The molecule has 0 amide bonds. The van der Waals surface area contributed by atoms with Gasteiger partial charge in [0.1, 0.15) is 22.5 Å². The van der Waals surface area contributed by atoms with Gasteiger partial charge in [-0.2, -0.15) is 0 Å². The molecule has 0 spiro atoms. The molecular weight excluding hydrogens is 448 g/mol. The van der Waals surface area contributed by atoms with Crippen LogP contribution in [0, 0.1) is 0 Å². The van der Waals surface area contributed by atoms with Crippen molar-refractivity contribution in [3.05, 3.63) is 61.1 Å². The van der Waals surface area contributed by atoms with Gasteiger partial charge >= 0.3 is 0 Å². The zero-order valence-electron chi connectivity index (χ0n) is 18.0. The normalized spacial score (nSPS) is 19.2. The molecule has 34 heavy (non-hydrogen) atoms. The second-order valence-electron chi connectivity index (χ2n) is 8.53. The summed E-state index contributed by atoms with van der Waals surface area (Å²) in [6.45, 7) is 2.05. The molecule has 2 atom stereocenters. The highest BCUT2D eigenvalue weighted by atomic mass is 32.1. The Balaban J connectivity index is 1.15. The second kappa shape index (κ2) is 7.86. The molecule has 2 fully saturated rings. The molecule has 4 aromatic heterocycles. The van der Waals surface area contributed by atoms with E-state index >= 15 is 0 Å². The van der Waals surface area contributed by atoms with Gasteiger partial charge in [0.2, 0.25) is 12.3 Å². The maximum Gasteiger partial charge on any atom is 0.247 e. The minimum atomic E-state index is 0.490. The summed E-state index contributed by atoms with van der Waals surface area (Å²) in [5, 5.41) is 15.6. The second-order valence-corrected chi connectivity index (χ2v) is 9.56. The van der Waals surface area contributed by atoms with Crippen molar-refractivity contribution in [3.63, 3.8) is 0 Å². The Morgan fingerprint density at radius 1 is 1.06 bits per heavy atom. The molecule has 2 bridgehead atoms. The maximum atomic E-state index is 5.33. The molecule has 1 aromatic carbocycles. The van der Waals surface area contributed by atoms with Gasteiger partial charge in [-0.3, -0.25) is 0 Å². The quantitative estimate of drug-likeness (QED) is 0.394. The molecule has 5 aromatic rings. The smallest absolute Gasteiger partial charge is 0.247 e. The highest BCUT2D eigenvalue weighted by Gasteiger charge is 2.38. The van der Waals surface area contributed by atoms with Crippen LogP contribution in [0.15, 0.2) is 65.5 Å². The van der Waals surface area contributed by atoms with Crippen LogP contribution >= 0.6 is 11.3 Å². The van der Waals surface area contributed by atoms with Crippen LogP contribution in [-0.2, 0) is 0 Å². The van der Waals surface area contributed by atoms with Gasteiger partial charge in [-0.05, 0) is 30.7 Å². The summed E-state index contributed by atoms with van der Waals surface area (Å²) in [7, 11) is 0. The third-order valence-electron chi connectivity index (χ3n) is 6.33. The van der Waals surface area contributed by atoms with Gasteiger partial charge in [-0.25, -0.2) is 15.0 Å². The number of nitrogens with zero attached hydrogens (tertiary/aromatic N) is 6. The zero-order valence-corrected chi connectivity index (χ0v) is 18.9. The van der Waals surface area contributed by atoms with E-state index in [0.29, 0.717) is 18.0 Å². The monoisotopic (exact) mass is 468 g/mol. The van der Waals surface area contributed by atoms with Crippen molar-refractivity contribution in [3.8, 4) is 22.0 Å². The lowest BCUT2D eigenvalue weighted by Crippen LogP contribution is -2.44. The van der Waals surface area contributed by atoms with Crippen LogP contribution in [0.25, 0.3) is 32.2 Å². The van der Waals surface area contributed by atoms with Crippen LogP contribution in [0.3, 0.4) is 0 Å². The lowest BCUT2D eigenvalue weighted by molar-refractivity contribution is 0.568. The fourth-order valence-corrected chi connectivity index (χ4v) is 5.65. The van der Waals surface area contributed by atoms with Crippen LogP contribution < -0.4 is 15.5 Å². The van der Waals surface area contributed by atoms with Crippen LogP contribution in [0.1, 0.15) is 6.42 Å². The van der Waals surface area contributed by atoms with Crippen molar-refractivity contribution in [1.82, 2.24) is 30.5 Å². The molecule has 0 aliphatic carbocycles. The topological polar surface area (TPSA) is 105 Å². The van der Waals surface area contributed by atoms with Gasteiger partial charge in [-0.1, -0.05) is 18.2 Å². The number of piperazine rings is 1. The van der Waals surface area contributed by atoms with E-state index < -0.39 is 0 Å². The predicted molar refractivity (Wildman–Crippen MR) is 131 cm³/mol. The van der Waals surface area contributed by atoms with Gasteiger partial charge in [-0.15, -0.1) is 21.5 Å². The number of thiazole rings is 1. The molecule has 168 valence electrons. The van der Waals surface area contributed by atoms with Gasteiger partial charge in [0.15, 0.2) is 0 Å². The van der Waals surface area contributed by atoms with Crippen molar-refractivity contribution < 1.29 is 4.42 Å². The Hall–Kier alpha value is -3.89. The SMILES string of the molecule is c1cc(-c2nnco2)cc(-c2nc3cc(Nc4cccc(N5C[C@@H]6C[C@H]5CN6)n4)ncc3s2)c1. The molecule has 0 radical (unpaired) electrons. The molecule has 2 aliphatic heterocycles. The molecule has 10 heteroatoms. The molecule has 2 saturated heterocycles. The minimum Gasteiger partial charge on any atom is -0.423 e. The minimum absolute atomic E-state index is 0.490. The van der Waals surface area contributed by atoms with Gasteiger partial charge in [0.25, 0.3) is 0 Å². The predicted octanol–water partition coefficient (Wildman–Crippen LogP) is 4.10. The number of nitrogens with one attached hydrogen (secondary N) is 2. The van der Waals surface area contributed by atoms with E-state index in [0.717, 1.165) is 56.9 Å². The number of benzene rings is 1. The van der Waals surface area contributed by atoms with E-state index in [2.05, 4.69) is 36.8 Å². The molecule has 2 aliphatic rings. The summed E-state index contributed by atoms with van der Waals surface area (Å²) >= 11 is 1.60. The van der Waals surface area contributed by atoms with E-state index in [9.17, 15) is 0 Å². The number of pyridine rings is 2. The number of rotatable bonds is 5. The Kier molecular flexibility index (Phi) is 4.52. The molecule has 9 nitrogen and oxygen atoms in total. The fraction of sp³-hybridized carbons (Fsp3) is 0.208. The van der Waals surface area contributed by atoms with Crippen molar-refractivity contribution in [2.75, 3.05) is 23.3 Å². The largest absolute Gasteiger partial charge is 0.423 e. The summed E-state index contributed by atoms with van der Waals surface area (Å²) in [4.78, 5) is 16.7. The molecule has 2 N–H and O–H groups in total. The van der Waals surface area contributed by atoms with Gasteiger partial charge in [0, 0.05) is 48.6 Å². The lowest BCUT2D eigenvalue weighted by atomic mass is 10.1. The van der Waals surface area contributed by atoms with Crippen molar-refractivity contribution in [1.29, 1.82) is 0 Å². The van der Waals surface area contributed by atoms with E-state index in [1.54, 1.807) is 11.3 Å². The molecule has 7 rings (SSSR count). The summed E-state index contributed by atoms with van der Waals surface area (Å²) < 4.78 is 6.35. The third kappa shape index (κ3) is 3.47. The Bertz CT molecular complexity index is 1480. The van der Waals surface area contributed by atoms with E-state index in [1.807, 2.05) is 48.7 Å². The summed E-state index contributed by atoms with van der Waals surface area (Å²) in [6.07, 6.45) is 4.38. The summed E-state index contributed by atoms with van der Waals surface area (Å²) in [5.74, 6) is 3.00. The van der Waals surface area contributed by atoms with Crippen LogP contribution in [0.5, 0.6) is 0 Å². The van der Waals surface area contributed by atoms with E-state index in [4.69, 9.17) is 14.4 Å². The Labute approximate surface area is 198 Å². The first kappa shape index (κ1) is 19.6. The Morgan fingerprint density at radius 2 is 2.00 bits per heavy atom. The molecular formula is C24H20N8OS. The maximum absolute atomic E-state index is 5.33. The first-order valence-electron chi connectivity index (χ1n) is 11.2. The highest BCUT2D eigenvalue weighted by molar-refractivity contribution is 7.21. The molecule has 6 heterocycles. The number of hydrogen-bond acceptors (Lipinski definition) is 10. The number of anilines is 3. The first-order valence-corrected chi connectivity index (χ1v) is 12.0. The Morgan fingerprint density at radius 3 is 2.85 bits per heavy atom. The molecule has 0 saturated carbocycles. The number of fused-ring (bicyclic) bond motifs is 3. The van der Waals surface area contributed by atoms with Gasteiger partial charge < -0.3 is 20.0 Å². The van der Waals surface area contributed by atoms with Crippen molar-refractivity contribution in [2.45, 2.75) is 18.5 Å². The van der Waals surface area contributed by atoms with Crippen LogP contribution in [0.4, 0.5) is 17.5 Å². The van der Waals surface area contributed by atoms with Crippen LogP contribution in [0.2, 0.25) is 0 Å². The third-order valence-corrected chi connectivity index (χ3v) is 7.39. The highest BCUT2D eigenvalue weighted by Crippen LogP contribution is 2.33. The standard InChI is InChI=1S/C24H20N8OS/c1-3-14(23-31-27-13-33-23)7-15(4-1)24-28-18-9-21(26-11-19(18)34-24)29-20-5-2-6-22(30-20)32-12-16-8-17(32)10-25-16/h1-7,9,11,13,16-17,25H,8,10,12H2,(H,26,29,30)/t16-,17-/m0/s1. The zero-order chi connectivity index (χ0) is 22.5. The lowest BCUT2D eigenvalue weighted by Gasteiger charge is -2.28. The first-order chi connectivity index (χ1) is 16.8. The average molecular weight is 469 g/mol. The van der Waals surface area contributed by atoms with Crippen molar-refractivity contribution in [2.24, 2.45) is 0 Å². The fourth-order valence-electron chi connectivity index (χ4n) is 4.74. The van der Waals surface area contributed by atoms with E-state index in [1.165, 1.54) is 12.8 Å². The van der Waals surface area contributed by atoms with Gasteiger partial charge in [0.05, 0.1) is 10.2 Å². The van der Waals surface area contributed by atoms with Crippen LogP contribution in [-0.4, -0.2) is 50.3 Å². The molecule has 0 unspecified atom stereocenters. The average Bonchev–Trinajstić information content (AvgIpc) is 3.68. The van der Waals surface area contributed by atoms with E-state index in [-0.39, 0.29) is 0 Å². The summed E-state index contributed by atoms with van der Waals surface area (Å²) in [5.41, 5.74) is 2.75. The number of hydrogen-bond donors (Lipinski definition) is 2.